The number of hydrogen-bond acceptors (Lipinski definition) is 2. The van der Waals surface area contributed by atoms with E-state index in [2.05, 4.69) is 69.0 Å². The van der Waals surface area contributed by atoms with E-state index in [9.17, 15) is 4.39 Å². The third-order valence-corrected chi connectivity index (χ3v) is 6.19. The van der Waals surface area contributed by atoms with Gasteiger partial charge in [0.15, 0.2) is 11.6 Å². The van der Waals surface area contributed by atoms with Crippen LogP contribution in [0, 0.1) is 5.82 Å². The van der Waals surface area contributed by atoms with Crippen molar-refractivity contribution in [3.05, 3.63) is 96.8 Å². The molecule has 0 aliphatic heterocycles. The van der Waals surface area contributed by atoms with Crippen LogP contribution in [0.25, 0.3) is 28.3 Å². The molecule has 0 heterocycles. The lowest BCUT2D eigenvalue weighted by atomic mass is 9.99. The molecule has 0 radical (unpaired) electrons. The quantitative estimate of drug-likeness (QED) is 0.157. The number of ether oxygens (including phenoxy) is 2. The van der Waals surface area contributed by atoms with Crippen LogP contribution in [-0.4, -0.2) is 19.3 Å². The van der Waals surface area contributed by atoms with Crippen molar-refractivity contribution in [2.24, 2.45) is 0 Å². The van der Waals surface area contributed by atoms with Crippen LogP contribution < -0.4 is 4.74 Å². The first-order valence-electron chi connectivity index (χ1n) is 13.1. The fourth-order valence-electron chi connectivity index (χ4n) is 4.05. The SMILES string of the molecule is C=CCOc1ccc(-c2ccc(-c3ccc(/C=C/CCCC(C)OCCCCC)cc3)cc2)cc1F. The normalized spacial score (nSPS) is 12.1. The van der Waals surface area contributed by atoms with Gasteiger partial charge in [-0.15, -0.1) is 0 Å². The largest absolute Gasteiger partial charge is 0.486 e. The highest BCUT2D eigenvalue weighted by Gasteiger charge is 2.07. The van der Waals surface area contributed by atoms with Crippen molar-refractivity contribution in [2.75, 3.05) is 13.2 Å². The molecule has 3 heteroatoms. The van der Waals surface area contributed by atoms with Crippen molar-refractivity contribution in [3.8, 4) is 28.0 Å². The van der Waals surface area contributed by atoms with E-state index in [1.54, 1.807) is 12.1 Å². The van der Waals surface area contributed by atoms with Crippen molar-refractivity contribution in [1.82, 2.24) is 0 Å². The number of rotatable bonds is 15. The van der Waals surface area contributed by atoms with Gasteiger partial charge in [0.25, 0.3) is 0 Å². The molecule has 0 bridgehead atoms. The number of unbranched alkanes of at least 4 members (excludes halogenated alkanes) is 3. The maximum Gasteiger partial charge on any atom is 0.165 e. The molecule has 2 nitrogen and oxygen atoms in total. The van der Waals surface area contributed by atoms with Gasteiger partial charge in [0, 0.05) is 6.61 Å². The van der Waals surface area contributed by atoms with Crippen LogP contribution in [-0.2, 0) is 4.74 Å². The van der Waals surface area contributed by atoms with Crippen LogP contribution in [0.15, 0.2) is 85.5 Å². The molecule has 0 amide bonds. The third kappa shape index (κ3) is 8.80. The molecule has 0 N–H and O–H groups in total. The molecule has 190 valence electrons. The smallest absolute Gasteiger partial charge is 0.165 e. The molecule has 1 atom stereocenters. The lowest BCUT2D eigenvalue weighted by Crippen LogP contribution is -2.08. The van der Waals surface area contributed by atoms with Crippen molar-refractivity contribution in [1.29, 1.82) is 0 Å². The lowest BCUT2D eigenvalue weighted by Gasteiger charge is -2.12. The highest BCUT2D eigenvalue weighted by Crippen LogP contribution is 2.28. The molecule has 0 saturated heterocycles. The van der Waals surface area contributed by atoms with Crippen LogP contribution in [0.3, 0.4) is 0 Å². The van der Waals surface area contributed by atoms with Crippen LogP contribution >= 0.6 is 0 Å². The number of hydrogen-bond donors (Lipinski definition) is 0. The molecule has 3 aromatic rings. The topological polar surface area (TPSA) is 18.5 Å². The minimum atomic E-state index is -0.368. The standard InChI is InChI=1S/C33H39FO2/c1-4-6-10-24-35-26(3)11-8-7-9-12-27-13-15-28(16-14-27)29-17-19-30(20-18-29)31-21-22-33(32(34)25-31)36-23-5-2/h5,9,12-22,25-26H,2,4,6-8,10-11,23-24H2,1,3H3/b12-9+. The average molecular weight is 487 g/mol. The Morgan fingerprint density at radius 3 is 2.14 bits per heavy atom. The van der Waals surface area contributed by atoms with Crippen LogP contribution in [0.1, 0.15) is 57.9 Å². The zero-order valence-corrected chi connectivity index (χ0v) is 21.7. The molecule has 0 spiro atoms. The zero-order valence-electron chi connectivity index (χ0n) is 21.7. The molecule has 0 aromatic heterocycles. The van der Waals surface area contributed by atoms with Gasteiger partial charge >= 0.3 is 0 Å². The van der Waals surface area contributed by atoms with Gasteiger partial charge in [0.1, 0.15) is 6.61 Å². The number of allylic oxidation sites excluding steroid dienone is 1. The second-order valence-electron chi connectivity index (χ2n) is 9.17. The first kappa shape index (κ1) is 27.4. The third-order valence-electron chi connectivity index (χ3n) is 6.19. The Labute approximate surface area is 216 Å². The summed E-state index contributed by atoms with van der Waals surface area (Å²) in [5.41, 5.74) is 5.28. The maximum absolute atomic E-state index is 14.3. The molecule has 36 heavy (non-hydrogen) atoms. The van der Waals surface area contributed by atoms with E-state index in [1.807, 2.05) is 18.2 Å². The Kier molecular flexibility index (Phi) is 11.5. The van der Waals surface area contributed by atoms with Crippen LogP contribution in [0.5, 0.6) is 5.75 Å². The van der Waals surface area contributed by atoms with Crippen LogP contribution in [0.4, 0.5) is 4.39 Å². The van der Waals surface area contributed by atoms with Gasteiger partial charge in [-0.2, -0.15) is 0 Å². The monoisotopic (exact) mass is 486 g/mol. The van der Waals surface area contributed by atoms with Crippen molar-refractivity contribution in [2.45, 2.75) is 58.5 Å². The second-order valence-corrected chi connectivity index (χ2v) is 9.17. The summed E-state index contributed by atoms with van der Waals surface area (Å²) < 4.78 is 25.5. The fraction of sp³-hybridized carbons (Fsp3) is 0.333. The minimum Gasteiger partial charge on any atom is -0.486 e. The Hall–Kier alpha value is -3.17. The summed E-state index contributed by atoms with van der Waals surface area (Å²) in [6, 6.07) is 21.8. The molecule has 3 aromatic carbocycles. The summed E-state index contributed by atoms with van der Waals surface area (Å²) >= 11 is 0. The first-order chi connectivity index (χ1) is 17.6. The van der Waals surface area contributed by atoms with E-state index in [0.29, 0.717) is 6.10 Å². The lowest BCUT2D eigenvalue weighted by molar-refractivity contribution is 0.0566. The van der Waals surface area contributed by atoms with Gasteiger partial charge in [0.05, 0.1) is 6.10 Å². The van der Waals surface area contributed by atoms with E-state index >= 15 is 0 Å². The molecular weight excluding hydrogens is 447 g/mol. The second kappa shape index (κ2) is 15.1. The summed E-state index contributed by atoms with van der Waals surface area (Å²) in [7, 11) is 0. The van der Waals surface area contributed by atoms with E-state index in [4.69, 9.17) is 9.47 Å². The van der Waals surface area contributed by atoms with Crippen molar-refractivity contribution >= 4 is 6.08 Å². The fourth-order valence-corrected chi connectivity index (χ4v) is 4.05. The first-order valence-corrected chi connectivity index (χ1v) is 13.1. The summed E-state index contributed by atoms with van der Waals surface area (Å²) in [5, 5.41) is 0. The molecule has 1 unspecified atom stereocenters. The minimum absolute atomic E-state index is 0.241. The predicted molar refractivity (Wildman–Crippen MR) is 151 cm³/mol. The van der Waals surface area contributed by atoms with E-state index in [-0.39, 0.29) is 18.2 Å². The van der Waals surface area contributed by atoms with Gasteiger partial charge < -0.3 is 9.47 Å². The molecule has 0 fully saturated rings. The highest BCUT2D eigenvalue weighted by atomic mass is 19.1. The van der Waals surface area contributed by atoms with E-state index in [0.717, 1.165) is 48.1 Å². The average Bonchev–Trinajstić information content (AvgIpc) is 2.91. The zero-order chi connectivity index (χ0) is 25.6. The summed E-state index contributed by atoms with van der Waals surface area (Å²) in [6.07, 6.45) is 13.4. The molecule has 0 aliphatic rings. The summed E-state index contributed by atoms with van der Waals surface area (Å²) in [4.78, 5) is 0. The van der Waals surface area contributed by atoms with Gasteiger partial charge in [-0.1, -0.05) is 99.2 Å². The molecular formula is C33H39FO2. The van der Waals surface area contributed by atoms with Crippen LogP contribution in [0.2, 0.25) is 0 Å². The van der Waals surface area contributed by atoms with E-state index < -0.39 is 0 Å². The van der Waals surface area contributed by atoms with Crippen molar-refractivity contribution in [3.63, 3.8) is 0 Å². The van der Waals surface area contributed by atoms with Gasteiger partial charge in [-0.3, -0.25) is 0 Å². The molecule has 0 saturated carbocycles. The Morgan fingerprint density at radius 1 is 0.861 bits per heavy atom. The number of benzene rings is 3. The van der Waals surface area contributed by atoms with Gasteiger partial charge in [-0.05, 0) is 72.6 Å². The van der Waals surface area contributed by atoms with Gasteiger partial charge in [0.2, 0.25) is 0 Å². The predicted octanol–water partition coefficient (Wildman–Crippen LogP) is 9.50. The van der Waals surface area contributed by atoms with Crippen molar-refractivity contribution < 1.29 is 13.9 Å². The highest BCUT2D eigenvalue weighted by molar-refractivity contribution is 5.71. The Morgan fingerprint density at radius 2 is 1.50 bits per heavy atom. The molecule has 3 rings (SSSR count). The number of halogens is 1. The van der Waals surface area contributed by atoms with Gasteiger partial charge in [-0.25, -0.2) is 4.39 Å². The molecule has 0 aliphatic carbocycles. The van der Waals surface area contributed by atoms with E-state index in [1.165, 1.54) is 30.9 Å². The Bertz CT molecular complexity index is 1080. The summed E-state index contributed by atoms with van der Waals surface area (Å²) in [6.45, 7) is 9.15. The summed E-state index contributed by atoms with van der Waals surface area (Å²) in [5.74, 6) is -0.127. The maximum atomic E-state index is 14.3. The Balaban J connectivity index is 1.49.